The van der Waals surface area contributed by atoms with Crippen LogP contribution in [-0.4, -0.2) is 33.9 Å². The lowest BCUT2D eigenvalue weighted by Crippen LogP contribution is -2.28. The van der Waals surface area contributed by atoms with Crippen molar-refractivity contribution in [2.75, 3.05) is 13.1 Å². The number of rotatable bonds is 5. The van der Waals surface area contributed by atoms with E-state index in [-0.39, 0.29) is 5.91 Å². The van der Waals surface area contributed by atoms with Gasteiger partial charge in [0, 0.05) is 30.4 Å². The second-order valence-electron chi connectivity index (χ2n) is 6.18. The van der Waals surface area contributed by atoms with Crippen LogP contribution in [0.4, 0.5) is 0 Å². The van der Waals surface area contributed by atoms with E-state index in [1.807, 2.05) is 59.5 Å². The van der Waals surface area contributed by atoms with Crippen LogP contribution in [0, 0.1) is 0 Å². The fraction of sp³-hybridized carbons (Fsp3) is 0.190. The highest BCUT2D eigenvalue weighted by Gasteiger charge is 2.22. The first kappa shape index (κ1) is 17.5. The summed E-state index contributed by atoms with van der Waals surface area (Å²) in [5.74, 6) is 1.20. The van der Waals surface area contributed by atoms with Crippen molar-refractivity contribution in [3.05, 3.63) is 72.6 Å². The summed E-state index contributed by atoms with van der Waals surface area (Å²) in [6.45, 7) is 1.65. The molecule has 2 aromatic carbocycles. The Bertz CT molecular complexity index is 927. The maximum absolute atomic E-state index is 12.9. The lowest BCUT2D eigenvalue weighted by atomic mass is 10.2. The van der Waals surface area contributed by atoms with Gasteiger partial charge < -0.3 is 9.64 Å². The van der Waals surface area contributed by atoms with Gasteiger partial charge in [0.05, 0.1) is 5.56 Å². The van der Waals surface area contributed by atoms with Gasteiger partial charge in [-0.2, -0.15) is 0 Å². The van der Waals surface area contributed by atoms with E-state index < -0.39 is 0 Å². The van der Waals surface area contributed by atoms with Crippen molar-refractivity contribution >= 4 is 17.7 Å². The van der Waals surface area contributed by atoms with Gasteiger partial charge in [-0.3, -0.25) is 4.79 Å². The van der Waals surface area contributed by atoms with Gasteiger partial charge in [-0.25, -0.2) is 9.97 Å². The van der Waals surface area contributed by atoms with Crippen molar-refractivity contribution in [1.82, 2.24) is 14.9 Å². The summed E-state index contributed by atoms with van der Waals surface area (Å²) in [5, 5.41) is 0.628. The Labute approximate surface area is 162 Å². The molecule has 1 saturated heterocycles. The van der Waals surface area contributed by atoms with Gasteiger partial charge in [-0.05, 0) is 37.1 Å². The highest BCUT2D eigenvalue weighted by Crippen LogP contribution is 2.36. The van der Waals surface area contributed by atoms with Crippen molar-refractivity contribution in [2.24, 2.45) is 0 Å². The van der Waals surface area contributed by atoms with Crippen molar-refractivity contribution in [2.45, 2.75) is 22.8 Å². The van der Waals surface area contributed by atoms with Gasteiger partial charge in [0.1, 0.15) is 5.75 Å². The predicted molar refractivity (Wildman–Crippen MR) is 104 cm³/mol. The van der Waals surface area contributed by atoms with Crippen molar-refractivity contribution in [1.29, 1.82) is 0 Å². The average Bonchev–Trinajstić information content (AvgIpc) is 3.25. The number of likely N-dealkylation sites (tertiary alicyclic amines) is 1. The maximum Gasteiger partial charge on any atom is 0.255 e. The first-order chi connectivity index (χ1) is 13.3. The number of nitrogens with zero attached hydrogens (tertiary/aromatic N) is 3. The van der Waals surface area contributed by atoms with Crippen LogP contribution in [-0.2, 0) is 0 Å². The van der Waals surface area contributed by atoms with E-state index in [1.54, 1.807) is 12.4 Å². The molecule has 4 rings (SSSR count). The summed E-state index contributed by atoms with van der Waals surface area (Å²) in [6, 6.07) is 17.1. The first-order valence-corrected chi connectivity index (χ1v) is 9.73. The van der Waals surface area contributed by atoms with E-state index >= 15 is 0 Å². The van der Waals surface area contributed by atoms with Gasteiger partial charge in [-0.1, -0.05) is 42.1 Å². The molecule has 0 saturated carbocycles. The van der Waals surface area contributed by atoms with Crippen LogP contribution in [0.2, 0.25) is 0 Å². The molecule has 0 radical (unpaired) electrons. The minimum absolute atomic E-state index is 0.0741. The van der Waals surface area contributed by atoms with Crippen molar-refractivity contribution < 1.29 is 9.53 Å². The van der Waals surface area contributed by atoms with Gasteiger partial charge in [-0.15, -0.1) is 0 Å². The molecule has 136 valence electrons. The topological polar surface area (TPSA) is 55.3 Å². The average molecular weight is 377 g/mol. The smallest absolute Gasteiger partial charge is 0.255 e. The molecule has 1 aliphatic heterocycles. The van der Waals surface area contributed by atoms with E-state index in [0.29, 0.717) is 22.2 Å². The minimum Gasteiger partial charge on any atom is -0.437 e. The molecular formula is C21H19N3O2S. The Hall–Kier alpha value is -2.86. The van der Waals surface area contributed by atoms with Crippen molar-refractivity contribution in [3.8, 4) is 11.6 Å². The molecule has 0 spiro atoms. The van der Waals surface area contributed by atoms with Crippen LogP contribution in [0.3, 0.4) is 0 Å². The maximum atomic E-state index is 12.9. The number of hydrogen-bond donors (Lipinski definition) is 0. The van der Waals surface area contributed by atoms with Gasteiger partial charge in [0.25, 0.3) is 11.8 Å². The van der Waals surface area contributed by atoms with E-state index in [2.05, 4.69) is 9.97 Å². The molecule has 6 heteroatoms. The third-order valence-electron chi connectivity index (χ3n) is 4.31. The molecule has 1 fully saturated rings. The molecular weight excluding hydrogens is 358 g/mol. The van der Waals surface area contributed by atoms with Crippen LogP contribution < -0.4 is 4.74 Å². The number of aromatic nitrogens is 2. The van der Waals surface area contributed by atoms with E-state index in [9.17, 15) is 4.79 Å². The third-order valence-corrected chi connectivity index (χ3v) is 5.36. The SMILES string of the molecule is O=C(c1ccccc1Sc1nccnc1Oc1ccccc1)N1CCCC1. The molecule has 1 amide bonds. The summed E-state index contributed by atoms with van der Waals surface area (Å²) in [6.07, 6.45) is 5.37. The first-order valence-electron chi connectivity index (χ1n) is 8.91. The predicted octanol–water partition coefficient (Wildman–Crippen LogP) is 4.66. The Morgan fingerprint density at radius 2 is 1.63 bits per heavy atom. The van der Waals surface area contributed by atoms with Crippen molar-refractivity contribution in [3.63, 3.8) is 0 Å². The monoisotopic (exact) mass is 377 g/mol. The number of para-hydroxylation sites is 1. The molecule has 0 bridgehead atoms. The third kappa shape index (κ3) is 4.11. The van der Waals surface area contributed by atoms with Gasteiger partial charge >= 0.3 is 0 Å². The second-order valence-corrected chi connectivity index (χ2v) is 7.21. The summed E-state index contributed by atoms with van der Waals surface area (Å²) < 4.78 is 5.89. The molecule has 27 heavy (non-hydrogen) atoms. The molecule has 0 unspecified atom stereocenters. The number of hydrogen-bond acceptors (Lipinski definition) is 5. The molecule has 1 aromatic heterocycles. The highest BCUT2D eigenvalue weighted by molar-refractivity contribution is 7.99. The summed E-state index contributed by atoms with van der Waals surface area (Å²) in [5.41, 5.74) is 0.695. The van der Waals surface area contributed by atoms with E-state index in [0.717, 1.165) is 30.8 Å². The lowest BCUT2D eigenvalue weighted by molar-refractivity contribution is 0.0789. The lowest BCUT2D eigenvalue weighted by Gasteiger charge is -2.17. The Balaban J connectivity index is 1.61. The number of ether oxygens (including phenoxy) is 1. The van der Waals surface area contributed by atoms with Crippen LogP contribution >= 0.6 is 11.8 Å². The Morgan fingerprint density at radius 3 is 2.44 bits per heavy atom. The molecule has 2 heterocycles. The largest absolute Gasteiger partial charge is 0.437 e. The molecule has 1 aliphatic rings. The fourth-order valence-electron chi connectivity index (χ4n) is 2.98. The minimum atomic E-state index is 0.0741. The number of carbonyl (C=O) groups excluding carboxylic acids is 1. The molecule has 0 atom stereocenters. The van der Waals surface area contributed by atoms with E-state index in [1.165, 1.54) is 11.8 Å². The fourth-order valence-corrected chi connectivity index (χ4v) is 3.90. The van der Waals surface area contributed by atoms with Crippen LogP contribution in [0.1, 0.15) is 23.2 Å². The van der Waals surface area contributed by atoms with Gasteiger partial charge in [0.2, 0.25) is 0 Å². The summed E-state index contributed by atoms with van der Waals surface area (Å²) in [7, 11) is 0. The standard InChI is InChI=1S/C21H19N3O2S/c25-21(24-14-6-7-15-24)17-10-4-5-11-18(17)27-20-19(22-12-13-23-20)26-16-8-2-1-3-9-16/h1-5,8-13H,6-7,14-15H2. The second kappa shape index (κ2) is 8.22. The van der Waals surface area contributed by atoms with Crippen LogP contribution in [0.25, 0.3) is 0 Å². The quantitative estimate of drug-likeness (QED) is 0.647. The number of benzene rings is 2. The molecule has 0 aliphatic carbocycles. The van der Waals surface area contributed by atoms with Gasteiger partial charge in [0.15, 0.2) is 5.03 Å². The zero-order chi connectivity index (χ0) is 18.5. The normalized spacial score (nSPS) is 13.6. The highest BCUT2D eigenvalue weighted by atomic mass is 32.2. The number of carbonyl (C=O) groups is 1. The zero-order valence-electron chi connectivity index (χ0n) is 14.7. The molecule has 0 N–H and O–H groups in total. The zero-order valence-corrected chi connectivity index (χ0v) is 15.6. The Morgan fingerprint density at radius 1 is 0.926 bits per heavy atom. The Kier molecular flexibility index (Phi) is 5.34. The summed E-state index contributed by atoms with van der Waals surface area (Å²) >= 11 is 1.40. The number of amides is 1. The molecule has 3 aromatic rings. The summed E-state index contributed by atoms with van der Waals surface area (Å²) in [4.78, 5) is 24.4. The van der Waals surface area contributed by atoms with Crippen LogP contribution in [0.5, 0.6) is 11.6 Å². The van der Waals surface area contributed by atoms with E-state index in [4.69, 9.17) is 4.74 Å². The molecule has 5 nitrogen and oxygen atoms in total. The van der Waals surface area contributed by atoms with Crippen LogP contribution in [0.15, 0.2) is 76.9 Å².